The van der Waals surface area contributed by atoms with Crippen molar-refractivity contribution in [3.05, 3.63) is 83.8 Å². The molecule has 3 aromatic rings. The van der Waals surface area contributed by atoms with Crippen LogP contribution in [0, 0.1) is 6.92 Å². The summed E-state index contributed by atoms with van der Waals surface area (Å²) >= 11 is 0. The molecular weight excluding hydrogens is 624 g/mol. The molecule has 1 unspecified atom stereocenters. The Morgan fingerprint density at radius 3 is 2.18 bits per heavy atom. The van der Waals surface area contributed by atoms with Gasteiger partial charge in [0, 0.05) is 19.6 Å². The Kier molecular flexibility index (Phi) is 12.6. The summed E-state index contributed by atoms with van der Waals surface area (Å²) in [4.78, 5) is 59.4. The van der Waals surface area contributed by atoms with Crippen LogP contribution in [0.15, 0.2) is 67.0 Å². The maximum absolute atomic E-state index is 13.7. The highest BCUT2D eigenvalue weighted by molar-refractivity contribution is 5.99. The number of imidazole rings is 1. The van der Waals surface area contributed by atoms with Gasteiger partial charge in [-0.15, -0.1) is 0 Å². The highest BCUT2D eigenvalue weighted by atomic mass is 16.6. The lowest BCUT2D eigenvalue weighted by atomic mass is 9.94. The molecule has 4 amide bonds. The molecule has 3 N–H and O–H groups in total. The lowest BCUT2D eigenvalue weighted by Gasteiger charge is -2.29. The van der Waals surface area contributed by atoms with Crippen LogP contribution in [0.3, 0.4) is 0 Å². The second-order valence-corrected chi connectivity index (χ2v) is 13.9. The monoisotopic (exact) mass is 674 g/mol. The van der Waals surface area contributed by atoms with Gasteiger partial charge in [0.25, 0.3) is 5.91 Å². The largest absolute Gasteiger partial charge is 0.444 e. The molecule has 0 spiro atoms. The first-order valence-corrected chi connectivity index (χ1v) is 16.8. The van der Waals surface area contributed by atoms with Gasteiger partial charge in [0.15, 0.2) is 5.82 Å². The average molecular weight is 675 g/mol. The van der Waals surface area contributed by atoms with Crippen molar-refractivity contribution in [2.45, 2.75) is 97.1 Å². The van der Waals surface area contributed by atoms with Gasteiger partial charge in [-0.3, -0.25) is 14.4 Å². The Hall–Kier alpha value is -4.71. The number of carbonyl (C=O) groups excluding carboxylic acids is 4. The van der Waals surface area contributed by atoms with E-state index in [1.807, 2.05) is 77.1 Å². The number of ether oxygens (including phenoxy) is 2. The molecule has 12 nitrogen and oxygen atoms in total. The van der Waals surface area contributed by atoms with Crippen molar-refractivity contribution in [3.63, 3.8) is 0 Å². The number of aryl methyl sites for hydroxylation is 1. The standard InChI is InChI=1S/C37H50N6O6/c1-26-31(38-25-43(26)22-19-29(28-17-11-8-12-18-28)33(45)42-20-13-14-21-42)40-32(44)30(24-48-23-27-15-9-7-10-16-27)39-34(46)37(5,6)41-35(47)49-36(2,3)4/h7-12,15-18,25,29-30H,13-14,19-24H2,1-6H3,(H,39,46)(H,40,44)(H,41,47)/t29?,30-/m1/s1. The molecule has 0 aliphatic carbocycles. The zero-order valence-corrected chi connectivity index (χ0v) is 29.5. The fourth-order valence-electron chi connectivity index (χ4n) is 5.55. The van der Waals surface area contributed by atoms with Gasteiger partial charge in [-0.05, 0) is 71.9 Å². The molecule has 49 heavy (non-hydrogen) atoms. The first kappa shape index (κ1) is 37.1. The molecule has 2 heterocycles. The molecular formula is C37H50N6O6. The second kappa shape index (κ2) is 16.6. The second-order valence-electron chi connectivity index (χ2n) is 13.9. The molecule has 1 saturated heterocycles. The van der Waals surface area contributed by atoms with Crippen LogP contribution in [0.1, 0.15) is 76.6 Å². The van der Waals surface area contributed by atoms with Crippen molar-refractivity contribution in [2.75, 3.05) is 25.0 Å². The third-order valence-corrected chi connectivity index (χ3v) is 8.32. The van der Waals surface area contributed by atoms with E-state index in [9.17, 15) is 19.2 Å². The quantitative estimate of drug-likeness (QED) is 0.220. The van der Waals surface area contributed by atoms with Gasteiger partial charge in [-0.1, -0.05) is 60.7 Å². The third-order valence-electron chi connectivity index (χ3n) is 8.32. The summed E-state index contributed by atoms with van der Waals surface area (Å²) in [6, 6.07) is 18.2. The van der Waals surface area contributed by atoms with Crippen molar-refractivity contribution >= 4 is 29.6 Å². The Morgan fingerprint density at radius 1 is 0.918 bits per heavy atom. The van der Waals surface area contributed by atoms with Gasteiger partial charge in [-0.2, -0.15) is 0 Å². The number of alkyl carbamates (subject to hydrolysis) is 1. The minimum absolute atomic E-state index is 0.133. The van der Waals surface area contributed by atoms with Crippen LogP contribution < -0.4 is 16.0 Å². The predicted molar refractivity (Wildman–Crippen MR) is 187 cm³/mol. The maximum atomic E-state index is 13.7. The topological polar surface area (TPSA) is 144 Å². The molecule has 264 valence electrons. The summed E-state index contributed by atoms with van der Waals surface area (Å²) in [6.45, 7) is 12.2. The molecule has 1 aromatic heterocycles. The highest BCUT2D eigenvalue weighted by Crippen LogP contribution is 2.26. The van der Waals surface area contributed by atoms with Crippen LogP contribution in [0.25, 0.3) is 0 Å². The number of nitrogens with zero attached hydrogens (tertiary/aromatic N) is 3. The number of likely N-dealkylation sites (tertiary alicyclic amines) is 1. The van der Waals surface area contributed by atoms with Crippen molar-refractivity contribution in [2.24, 2.45) is 0 Å². The van der Waals surface area contributed by atoms with Crippen LogP contribution in [-0.2, 0) is 37.0 Å². The number of carbonyl (C=O) groups is 4. The van der Waals surface area contributed by atoms with Gasteiger partial charge in [-0.25, -0.2) is 9.78 Å². The summed E-state index contributed by atoms with van der Waals surface area (Å²) in [6.07, 6.45) is 3.49. The van der Waals surface area contributed by atoms with Crippen molar-refractivity contribution in [1.29, 1.82) is 0 Å². The molecule has 0 saturated carbocycles. The number of aromatic nitrogens is 2. The number of rotatable bonds is 14. The minimum Gasteiger partial charge on any atom is -0.444 e. The number of anilines is 1. The van der Waals surface area contributed by atoms with Crippen LogP contribution >= 0.6 is 0 Å². The number of hydrogen-bond donors (Lipinski definition) is 3. The van der Waals surface area contributed by atoms with Crippen molar-refractivity contribution in [3.8, 4) is 0 Å². The van der Waals surface area contributed by atoms with Crippen LogP contribution in [0.5, 0.6) is 0 Å². The molecule has 1 aliphatic rings. The molecule has 2 aromatic carbocycles. The zero-order valence-electron chi connectivity index (χ0n) is 29.5. The molecule has 1 fully saturated rings. The van der Waals surface area contributed by atoms with E-state index in [1.54, 1.807) is 27.1 Å². The van der Waals surface area contributed by atoms with E-state index in [4.69, 9.17) is 9.47 Å². The Bertz CT molecular complexity index is 1560. The fourth-order valence-corrected chi connectivity index (χ4v) is 5.55. The Balaban J connectivity index is 1.45. The maximum Gasteiger partial charge on any atom is 0.408 e. The van der Waals surface area contributed by atoms with E-state index in [2.05, 4.69) is 20.9 Å². The molecule has 4 rings (SSSR count). The SMILES string of the molecule is Cc1c(NC(=O)[C@@H](COCc2ccccc2)NC(=O)C(C)(C)NC(=O)OC(C)(C)C)ncn1CCC(C(=O)N1CCCC1)c1ccccc1. The normalized spacial score (nSPS) is 14.5. The Morgan fingerprint density at radius 2 is 1.55 bits per heavy atom. The van der Waals surface area contributed by atoms with E-state index in [0.717, 1.165) is 37.1 Å². The number of amides is 4. The number of hydrogen-bond acceptors (Lipinski definition) is 7. The van der Waals surface area contributed by atoms with Gasteiger partial charge in [0.05, 0.1) is 31.2 Å². The summed E-state index contributed by atoms with van der Waals surface area (Å²) < 4.78 is 13.1. The average Bonchev–Trinajstić information content (AvgIpc) is 3.71. The van der Waals surface area contributed by atoms with Crippen molar-refractivity contribution in [1.82, 2.24) is 25.1 Å². The van der Waals surface area contributed by atoms with Gasteiger partial charge in [0.2, 0.25) is 11.8 Å². The predicted octanol–water partition coefficient (Wildman–Crippen LogP) is 4.93. The summed E-state index contributed by atoms with van der Waals surface area (Å²) in [7, 11) is 0. The smallest absolute Gasteiger partial charge is 0.408 e. The Labute approximate surface area is 288 Å². The molecule has 12 heteroatoms. The van der Waals surface area contributed by atoms with Crippen LogP contribution in [0.2, 0.25) is 0 Å². The lowest BCUT2D eigenvalue weighted by Crippen LogP contribution is -2.59. The zero-order chi connectivity index (χ0) is 35.6. The van der Waals surface area contributed by atoms with E-state index in [1.165, 1.54) is 13.8 Å². The van der Waals surface area contributed by atoms with E-state index in [-0.39, 0.29) is 25.0 Å². The molecule has 1 aliphatic heterocycles. The van der Waals surface area contributed by atoms with Crippen LogP contribution in [-0.4, -0.2) is 75.1 Å². The van der Waals surface area contributed by atoms with E-state index in [0.29, 0.717) is 24.5 Å². The first-order valence-electron chi connectivity index (χ1n) is 16.8. The first-order chi connectivity index (χ1) is 23.2. The summed E-state index contributed by atoms with van der Waals surface area (Å²) in [5.74, 6) is -0.959. The highest BCUT2D eigenvalue weighted by Gasteiger charge is 2.35. The van der Waals surface area contributed by atoms with E-state index < -0.39 is 35.1 Å². The van der Waals surface area contributed by atoms with Gasteiger partial charge >= 0.3 is 6.09 Å². The summed E-state index contributed by atoms with van der Waals surface area (Å²) in [5, 5.41) is 8.15. The third kappa shape index (κ3) is 10.9. The van der Waals surface area contributed by atoms with Gasteiger partial charge < -0.3 is 34.9 Å². The van der Waals surface area contributed by atoms with Crippen molar-refractivity contribution < 1.29 is 28.7 Å². The fraction of sp³-hybridized carbons (Fsp3) is 0.486. The number of nitrogens with one attached hydrogen (secondary N) is 3. The summed E-state index contributed by atoms with van der Waals surface area (Å²) in [5.41, 5.74) is 0.434. The van der Waals surface area contributed by atoms with E-state index >= 15 is 0 Å². The molecule has 0 bridgehead atoms. The minimum atomic E-state index is -1.40. The lowest BCUT2D eigenvalue weighted by molar-refractivity contribution is -0.132. The van der Waals surface area contributed by atoms with Gasteiger partial charge in [0.1, 0.15) is 17.2 Å². The number of benzene rings is 2. The molecule has 2 atom stereocenters. The molecule has 0 radical (unpaired) electrons. The van der Waals surface area contributed by atoms with Crippen LogP contribution in [0.4, 0.5) is 10.6 Å².